The van der Waals surface area contributed by atoms with Crippen molar-refractivity contribution in [3.05, 3.63) is 0 Å². The van der Waals surface area contributed by atoms with Gasteiger partial charge in [0.05, 0.1) is 5.92 Å². The molecule has 0 heterocycles. The highest BCUT2D eigenvalue weighted by Crippen LogP contribution is 2.26. The maximum atomic E-state index is 11.8. The molecule has 2 atom stereocenters. The van der Waals surface area contributed by atoms with Crippen LogP contribution in [0.15, 0.2) is 0 Å². The van der Waals surface area contributed by atoms with Crippen molar-refractivity contribution < 1.29 is 31.5 Å². The minimum Gasteiger partial charge on any atom is -0.481 e. The van der Waals surface area contributed by atoms with Crippen LogP contribution in [0.3, 0.4) is 0 Å². The summed E-state index contributed by atoms with van der Waals surface area (Å²) in [5, 5.41) is 8.70. The molecule has 1 aliphatic rings. The van der Waals surface area contributed by atoms with Crippen molar-refractivity contribution in [3.8, 4) is 0 Å². The van der Waals surface area contributed by atoms with E-state index in [9.17, 15) is 26.4 Å². The molecule has 0 aromatic carbocycles. The summed E-state index contributed by atoms with van der Waals surface area (Å²) in [4.78, 5) is 10.6. The van der Waals surface area contributed by atoms with Crippen molar-refractivity contribution in [1.29, 1.82) is 0 Å². The summed E-state index contributed by atoms with van der Waals surface area (Å²) in [5.74, 6) is -1.68. The van der Waals surface area contributed by atoms with Crippen LogP contribution >= 0.6 is 0 Å². The second-order valence-corrected chi connectivity index (χ2v) is 5.63. The van der Waals surface area contributed by atoms with Crippen LogP contribution in [0, 0.1) is 5.92 Å². The zero-order valence-electron chi connectivity index (χ0n) is 9.20. The third-order valence-electron chi connectivity index (χ3n) is 2.57. The topological polar surface area (TPSA) is 95.5 Å². The normalized spacial score (nSPS) is 25.3. The third kappa shape index (κ3) is 5.19. The minimum atomic E-state index is -4.63. The molecule has 10 heteroatoms. The Morgan fingerprint density at radius 2 is 1.94 bits per heavy atom. The van der Waals surface area contributed by atoms with E-state index in [-0.39, 0.29) is 6.42 Å². The Bertz CT molecular complexity index is 409. The summed E-state index contributed by atoms with van der Waals surface area (Å²) < 4.78 is 61.4. The molecule has 0 aromatic heterocycles. The summed E-state index contributed by atoms with van der Waals surface area (Å²) in [6.07, 6.45) is -3.94. The summed E-state index contributed by atoms with van der Waals surface area (Å²) in [6.45, 7) is -1.66. The maximum Gasteiger partial charge on any atom is 0.402 e. The van der Waals surface area contributed by atoms with Crippen LogP contribution in [0.25, 0.3) is 0 Å². The van der Waals surface area contributed by atoms with Crippen LogP contribution in [-0.2, 0) is 15.0 Å². The number of rotatable bonds is 5. The lowest BCUT2D eigenvalue weighted by molar-refractivity contribution is -0.141. The van der Waals surface area contributed by atoms with Crippen LogP contribution in [0.1, 0.15) is 19.3 Å². The van der Waals surface area contributed by atoms with E-state index in [2.05, 4.69) is 0 Å². The van der Waals surface area contributed by atoms with E-state index >= 15 is 0 Å². The van der Waals surface area contributed by atoms with Gasteiger partial charge in [0.1, 0.15) is 6.54 Å². The summed E-state index contributed by atoms with van der Waals surface area (Å²) in [6, 6.07) is -0.642. The molecule has 0 bridgehead atoms. The van der Waals surface area contributed by atoms with E-state index in [1.165, 1.54) is 4.72 Å². The predicted octanol–water partition coefficient (Wildman–Crippen LogP) is 0.226. The quantitative estimate of drug-likeness (QED) is 0.675. The fraction of sp³-hybridized carbons (Fsp3) is 0.875. The molecule has 0 saturated heterocycles. The standard InChI is InChI=1S/C8H13F3N2O4S/c9-8(10,11)4-12-18(16,17)13-6-2-1-5(3-6)7(14)15/h5-6,12-13H,1-4H2,(H,14,15). The van der Waals surface area contributed by atoms with Gasteiger partial charge in [-0.15, -0.1) is 0 Å². The van der Waals surface area contributed by atoms with Crippen molar-refractivity contribution in [2.75, 3.05) is 6.54 Å². The van der Waals surface area contributed by atoms with E-state index < -0.39 is 40.9 Å². The smallest absolute Gasteiger partial charge is 0.402 e. The fourth-order valence-corrected chi connectivity index (χ4v) is 2.84. The van der Waals surface area contributed by atoms with Gasteiger partial charge in [-0.25, -0.2) is 0 Å². The van der Waals surface area contributed by atoms with Crippen LogP contribution in [-0.4, -0.2) is 38.3 Å². The summed E-state index contributed by atoms with van der Waals surface area (Å²) in [5.41, 5.74) is 0. The van der Waals surface area contributed by atoms with E-state index in [1.54, 1.807) is 0 Å². The predicted molar refractivity (Wildman–Crippen MR) is 54.9 cm³/mol. The molecule has 0 radical (unpaired) electrons. The SMILES string of the molecule is O=C(O)C1CCC(NS(=O)(=O)NCC(F)(F)F)C1. The number of carboxylic acids is 1. The van der Waals surface area contributed by atoms with Crippen molar-refractivity contribution in [2.45, 2.75) is 31.5 Å². The van der Waals surface area contributed by atoms with E-state index in [4.69, 9.17) is 5.11 Å². The molecular formula is C8H13F3N2O4S. The van der Waals surface area contributed by atoms with Crippen LogP contribution in [0.2, 0.25) is 0 Å². The first-order chi connectivity index (χ1) is 8.09. The number of halogens is 3. The van der Waals surface area contributed by atoms with Gasteiger partial charge in [0.2, 0.25) is 0 Å². The first-order valence-electron chi connectivity index (χ1n) is 5.15. The van der Waals surface area contributed by atoms with Gasteiger partial charge in [-0.05, 0) is 19.3 Å². The molecular weight excluding hydrogens is 277 g/mol. The Kier molecular flexibility index (Phi) is 4.56. The van der Waals surface area contributed by atoms with Gasteiger partial charge in [0, 0.05) is 6.04 Å². The number of hydrogen-bond acceptors (Lipinski definition) is 3. The molecule has 0 amide bonds. The molecule has 106 valence electrons. The van der Waals surface area contributed by atoms with Gasteiger partial charge in [-0.3, -0.25) is 4.79 Å². The third-order valence-corrected chi connectivity index (χ3v) is 3.73. The molecule has 0 aliphatic heterocycles. The van der Waals surface area contributed by atoms with Gasteiger partial charge in [-0.1, -0.05) is 0 Å². The zero-order chi connectivity index (χ0) is 14.0. The molecule has 0 aromatic rings. The minimum absolute atomic E-state index is 0.0856. The van der Waals surface area contributed by atoms with E-state index in [0.717, 1.165) is 0 Å². The monoisotopic (exact) mass is 290 g/mol. The lowest BCUT2D eigenvalue weighted by Crippen LogP contribution is -2.45. The van der Waals surface area contributed by atoms with Gasteiger partial charge in [0.15, 0.2) is 0 Å². The molecule has 1 aliphatic carbocycles. The Morgan fingerprint density at radius 3 is 2.39 bits per heavy atom. The number of carbonyl (C=O) groups is 1. The first-order valence-corrected chi connectivity index (χ1v) is 6.64. The lowest BCUT2D eigenvalue weighted by Gasteiger charge is -2.14. The highest BCUT2D eigenvalue weighted by Gasteiger charge is 2.34. The largest absolute Gasteiger partial charge is 0.481 e. The van der Waals surface area contributed by atoms with Crippen molar-refractivity contribution in [2.24, 2.45) is 5.92 Å². The van der Waals surface area contributed by atoms with Crippen LogP contribution in [0.4, 0.5) is 13.2 Å². The number of hydrogen-bond donors (Lipinski definition) is 3. The fourth-order valence-electron chi connectivity index (χ4n) is 1.75. The van der Waals surface area contributed by atoms with Gasteiger partial charge in [-0.2, -0.15) is 31.0 Å². The van der Waals surface area contributed by atoms with Crippen LogP contribution < -0.4 is 9.44 Å². The number of carboxylic acid groups (broad SMARTS) is 1. The molecule has 0 spiro atoms. The van der Waals surface area contributed by atoms with Crippen molar-refractivity contribution >= 4 is 16.2 Å². The highest BCUT2D eigenvalue weighted by molar-refractivity contribution is 7.87. The molecule has 1 fully saturated rings. The Balaban J connectivity index is 2.45. The van der Waals surface area contributed by atoms with Gasteiger partial charge in [0.25, 0.3) is 10.2 Å². The summed E-state index contributed by atoms with van der Waals surface area (Å²) >= 11 is 0. The van der Waals surface area contributed by atoms with Crippen molar-refractivity contribution in [1.82, 2.24) is 9.44 Å². The van der Waals surface area contributed by atoms with E-state index in [1.807, 2.05) is 4.72 Å². The lowest BCUT2D eigenvalue weighted by atomic mass is 10.1. The number of alkyl halides is 3. The maximum absolute atomic E-state index is 11.8. The Morgan fingerprint density at radius 1 is 1.33 bits per heavy atom. The molecule has 2 unspecified atom stereocenters. The second-order valence-electron chi connectivity index (χ2n) is 4.10. The molecule has 1 saturated carbocycles. The van der Waals surface area contributed by atoms with Crippen molar-refractivity contribution in [3.63, 3.8) is 0 Å². The Labute approximate surface area is 102 Å². The Hall–Kier alpha value is -0.870. The average molecular weight is 290 g/mol. The number of aliphatic carboxylic acids is 1. The summed E-state index contributed by atoms with van der Waals surface area (Å²) in [7, 11) is -4.26. The molecule has 18 heavy (non-hydrogen) atoms. The van der Waals surface area contributed by atoms with Gasteiger partial charge < -0.3 is 5.11 Å². The van der Waals surface area contributed by atoms with E-state index in [0.29, 0.717) is 12.8 Å². The zero-order valence-corrected chi connectivity index (χ0v) is 10.0. The van der Waals surface area contributed by atoms with Gasteiger partial charge >= 0.3 is 12.1 Å². The number of nitrogens with one attached hydrogen (secondary N) is 2. The van der Waals surface area contributed by atoms with Crippen LogP contribution in [0.5, 0.6) is 0 Å². The molecule has 1 rings (SSSR count). The first kappa shape index (κ1) is 15.2. The molecule has 3 N–H and O–H groups in total. The average Bonchev–Trinajstić information content (AvgIpc) is 2.62. The molecule has 6 nitrogen and oxygen atoms in total. The highest BCUT2D eigenvalue weighted by atomic mass is 32.2. The second kappa shape index (κ2) is 5.41.